The summed E-state index contributed by atoms with van der Waals surface area (Å²) >= 11 is 0. The van der Waals surface area contributed by atoms with Gasteiger partial charge in [0.25, 0.3) is 0 Å². The Bertz CT molecular complexity index is 879. The van der Waals surface area contributed by atoms with Gasteiger partial charge in [0.05, 0.1) is 12.3 Å². The second-order valence-corrected chi connectivity index (χ2v) is 8.72. The molecule has 1 N–H and O–H groups in total. The average molecular weight is 375 g/mol. The van der Waals surface area contributed by atoms with E-state index in [0.717, 1.165) is 27.3 Å². The number of hydrogen-bond donors (Lipinski definition) is 1. The number of aryl methyl sites for hydroxylation is 2. The molecule has 0 aliphatic carbocycles. The average Bonchev–Trinajstić information content (AvgIpc) is 2.54. The molecule has 2 aromatic rings. The first kappa shape index (κ1) is 20.1. The van der Waals surface area contributed by atoms with Crippen molar-refractivity contribution >= 4 is 15.9 Å². The predicted octanol–water partition coefficient (Wildman–Crippen LogP) is 3.11. The van der Waals surface area contributed by atoms with Crippen molar-refractivity contribution in [1.82, 2.24) is 9.62 Å². The minimum atomic E-state index is -3.54. The molecule has 0 aromatic heterocycles. The van der Waals surface area contributed by atoms with Crippen LogP contribution in [0.2, 0.25) is 0 Å². The molecule has 140 valence electrons. The first-order chi connectivity index (χ1) is 12.1. The fourth-order valence-electron chi connectivity index (χ4n) is 3.03. The Morgan fingerprint density at radius 1 is 1.08 bits per heavy atom. The van der Waals surface area contributed by atoms with Crippen LogP contribution in [-0.4, -0.2) is 31.9 Å². The highest BCUT2D eigenvalue weighted by molar-refractivity contribution is 7.88. The van der Waals surface area contributed by atoms with Gasteiger partial charge < -0.3 is 5.32 Å². The lowest BCUT2D eigenvalue weighted by Gasteiger charge is -2.27. The molecule has 0 unspecified atom stereocenters. The maximum absolute atomic E-state index is 13.0. The van der Waals surface area contributed by atoms with Crippen LogP contribution in [0.25, 0.3) is 0 Å². The molecule has 1 amide bonds. The smallest absolute Gasteiger partial charge is 0.243 e. The minimum absolute atomic E-state index is 0.234. The Morgan fingerprint density at radius 3 is 2.23 bits per heavy atom. The molecule has 0 aliphatic rings. The Labute approximate surface area is 156 Å². The minimum Gasteiger partial charge on any atom is -0.348 e. The number of amides is 1. The number of likely N-dealkylation sites (N-methyl/N-ethyl adjacent to an activating group) is 1. The number of carbonyl (C=O) groups excluding carboxylic acids is 1. The van der Waals surface area contributed by atoms with Crippen molar-refractivity contribution in [3.05, 3.63) is 70.8 Å². The summed E-state index contributed by atoms with van der Waals surface area (Å²) in [6.45, 7) is 5.92. The highest BCUT2D eigenvalue weighted by Gasteiger charge is 2.31. The Morgan fingerprint density at radius 2 is 1.69 bits per heavy atom. The van der Waals surface area contributed by atoms with Crippen molar-refractivity contribution in [2.45, 2.75) is 32.9 Å². The second kappa shape index (κ2) is 8.01. The molecule has 0 heterocycles. The quantitative estimate of drug-likeness (QED) is 0.845. The van der Waals surface area contributed by atoms with Crippen LogP contribution < -0.4 is 5.32 Å². The molecule has 0 aliphatic heterocycles. The molecule has 2 aromatic carbocycles. The fraction of sp³-hybridized carbons (Fsp3) is 0.350. The number of nitrogens with zero attached hydrogens (tertiary/aromatic N) is 1. The molecule has 0 saturated carbocycles. The highest BCUT2D eigenvalue weighted by Crippen LogP contribution is 2.24. The number of hydrogen-bond acceptors (Lipinski definition) is 3. The first-order valence-corrected chi connectivity index (χ1v) is 10.3. The number of benzene rings is 2. The van der Waals surface area contributed by atoms with Crippen LogP contribution in [0.1, 0.15) is 41.3 Å². The van der Waals surface area contributed by atoms with Gasteiger partial charge in [0, 0.05) is 7.05 Å². The second-order valence-electron chi connectivity index (χ2n) is 6.68. The summed E-state index contributed by atoms with van der Waals surface area (Å²) in [5.74, 6) is -0.350. The molecule has 5 nitrogen and oxygen atoms in total. The van der Waals surface area contributed by atoms with Crippen LogP contribution in [0.5, 0.6) is 0 Å². The molecule has 26 heavy (non-hydrogen) atoms. The predicted molar refractivity (Wildman–Crippen MR) is 104 cm³/mol. The standard InChI is InChI=1S/C20H26N2O3S/c1-14-11-12-18(15(2)13-14)16(3)21-20(23)19(22(4)26(5,24)25)17-9-7-6-8-10-17/h6-13,16,19H,1-5H3,(H,21,23)/t16-,19+/m1/s1. The number of rotatable bonds is 6. The molecule has 0 fully saturated rings. The van der Waals surface area contributed by atoms with Crippen molar-refractivity contribution < 1.29 is 13.2 Å². The SMILES string of the molecule is Cc1ccc([C@@H](C)NC(=O)[C@H](c2ccccc2)N(C)S(C)(=O)=O)c(C)c1. The van der Waals surface area contributed by atoms with E-state index in [2.05, 4.69) is 11.4 Å². The van der Waals surface area contributed by atoms with Gasteiger partial charge in [-0.2, -0.15) is 4.31 Å². The van der Waals surface area contributed by atoms with Crippen molar-refractivity contribution in [2.24, 2.45) is 0 Å². The summed E-state index contributed by atoms with van der Waals surface area (Å²) < 4.78 is 25.2. The van der Waals surface area contributed by atoms with Gasteiger partial charge in [0.1, 0.15) is 6.04 Å². The first-order valence-electron chi connectivity index (χ1n) is 8.46. The van der Waals surface area contributed by atoms with E-state index in [1.54, 1.807) is 24.3 Å². The van der Waals surface area contributed by atoms with E-state index in [1.807, 2.05) is 39.0 Å². The van der Waals surface area contributed by atoms with Crippen LogP contribution >= 0.6 is 0 Å². The number of carbonyl (C=O) groups is 1. The fourth-order valence-corrected chi connectivity index (χ4v) is 3.64. The summed E-state index contributed by atoms with van der Waals surface area (Å²) in [6.07, 6.45) is 1.10. The van der Waals surface area contributed by atoms with Crippen LogP contribution in [0, 0.1) is 13.8 Å². The third-order valence-electron chi connectivity index (χ3n) is 4.50. The summed E-state index contributed by atoms with van der Waals surface area (Å²) in [5, 5.41) is 2.96. The zero-order valence-corrected chi connectivity index (χ0v) is 16.7. The largest absolute Gasteiger partial charge is 0.348 e. The normalized spacial score (nSPS) is 14.1. The lowest BCUT2D eigenvalue weighted by molar-refractivity contribution is -0.125. The topological polar surface area (TPSA) is 66.5 Å². The molecular weight excluding hydrogens is 348 g/mol. The van der Waals surface area contributed by atoms with Crippen LogP contribution in [0.3, 0.4) is 0 Å². The van der Waals surface area contributed by atoms with Gasteiger partial charge in [-0.1, -0.05) is 54.1 Å². The molecule has 0 radical (unpaired) electrons. The Balaban J connectivity index is 2.32. The van der Waals surface area contributed by atoms with E-state index in [9.17, 15) is 13.2 Å². The van der Waals surface area contributed by atoms with Gasteiger partial charge in [0.15, 0.2) is 0 Å². The van der Waals surface area contributed by atoms with E-state index in [4.69, 9.17) is 0 Å². The van der Waals surface area contributed by atoms with Gasteiger partial charge in [-0.05, 0) is 37.5 Å². The van der Waals surface area contributed by atoms with E-state index >= 15 is 0 Å². The Hall–Kier alpha value is -2.18. The van der Waals surface area contributed by atoms with E-state index in [1.165, 1.54) is 7.05 Å². The molecule has 0 bridgehead atoms. The lowest BCUT2D eigenvalue weighted by Crippen LogP contribution is -2.42. The summed E-state index contributed by atoms with van der Waals surface area (Å²) in [7, 11) is -2.11. The maximum atomic E-state index is 13.0. The molecule has 6 heteroatoms. The van der Waals surface area contributed by atoms with Gasteiger partial charge in [-0.25, -0.2) is 8.42 Å². The van der Waals surface area contributed by atoms with Crippen molar-refractivity contribution in [1.29, 1.82) is 0 Å². The monoisotopic (exact) mass is 374 g/mol. The number of nitrogens with one attached hydrogen (secondary N) is 1. The van der Waals surface area contributed by atoms with E-state index in [-0.39, 0.29) is 11.9 Å². The zero-order valence-electron chi connectivity index (χ0n) is 15.9. The maximum Gasteiger partial charge on any atom is 0.243 e. The molecule has 0 saturated heterocycles. The highest BCUT2D eigenvalue weighted by atomic mass is 32.2. The van der Waals surface area contributed by atoms with E-state index < -0.39 is 16.1 Å². The van der Waals surface area contributed by atoms with Gasteiger partial charge >= 0.3 is 0 Å². The molecular formula is C20H26N2O3S. The third-order valence-corrected chi connectivity index (χ3v) is 5.76. The molecule has 2 atom stereocenters. The van der Waals surface area contributed by atoms with Crippen molar-refractivity contribution in [3.8, 4) is 0 Å². The van der Waals surface area contributed by atoms with Crippen molar-refractivity contribution in [2.75, 3.05) is 13.3 Å². The van der Waals surface area contributed by atoms with Gasteiger partial charge in [0.2, 0.25) is 15.9 Å². The zero-order chi connectivity index (χ0) is 19.5. The molecule has 2 rings (SSSR count). The van der Waals surface area contributed by atoms with E-state index in [0.29, 0.717) is 5.56 Å². The summed E-state index contributed by atoms with van der Waals surface area (Å²) in [5.41, 5.74) is 3.89. The van der Waals surface area contributed by atoms with Crippen molar-refractivity contribution in [3.63, 3.8) is 0 Å². The number of sulfonamides is 1. The molecule has 0 spiro atoms. The van der Waals surface area contributed by atoms with Gasteiger partial charge in [-0.15, -0.1) is 0 Å². The Kier molecular flexibility index (Phi) is 6.21. The van der Waals surface area contributed by atoms with Crippen LogP contribution in [0.15, 0.2) is 48.5 Å². The summed E-state index contributed by atoms with van der Waals surface area (Å²) in [4.78, 5) is 13.0. The van der Waals surface area contributed by atoms with Crippen LogP contribution in [0.4, 0.5) is 0 Å². The van der Waals surface area contributed by atoms with Crippen LogP contribution in [-0.2, 0) is 14.8 Å². The summed E-state index contributed by atoms with van der Waals surface area (Å²) in [6, 6.07) is 13.8. The third kappa shape index (κ3) is 4.71. The van der Waals surface area contributed by atoms with Gasteiger partial charge in [-0.3, -0.25) is 4.79 Å². The lowest BCUT2D eigenvalue weighted by atomic mass is 9.99.